The van der Waals surface area contributed by atoms with E-state index in [9.17, 15) is 22.8 Å². The third-order valence-corrected chi connectivity index (χ3v) is 6.40. The van der Waals surface area contributed by atoms with E-state index in [1.165, 1.54) is 24.3 Å². The first-order valence-electron chi connectivity index (χ1n) is 13.0. The van der Waals surface area contributed by atoms with Gasteiger partial charge in [0.1, 0.15) is 23.9 Å². The van der Waals surface area contributed by atoms with Gasteiger partial charge in [0.15, 0.2) is 0 Å². The number of ether oxygens (including phenoxy) is 2. The minimum atomic E-state index is -4.72. The van der Waals surface area contributed by atoms with E-state index in [2.05, 4.69) is 20.9 Å². The number of aromatic nitrogens is 1. The number of pyridine rings is 1. The van der Waals surface area contributed by atoms with Crippen molar-refractivity contribution >= 4 is 34.9 Å². The molecule has 0 bridgehead atoms. The van der Waals surface area contributed by atoms with E-state index >= 15 is 0 Å². The molecule has 42 heavy (non-hydrogen) atoms. The van der Waals surface area contributed by atoms with Gasteiger partial charge in [0, 0.05) is 26.2 Å². The number of hydrogen-bond donors (Lipinski definition) is 4. The van der Waals surface area contributed by atoms with Gasteiger partial charge in [-0.2, -0.15) is 13.2 Å². The minimum absolute atomic E-state index is 0.0659. The predicted octanol–water partition coefficient (Wildman–Crippen LogP) is 4.79. The molecule has 0 saturated carbocycles. The molecule has 2 aromatic carbocycles. The lowest BCUT2D eigenvalue weighted by Gasteiger charge is -2.35. The van der Waals surface area contributed by atoms with E-state index in [1.54, 1.807) is 24.3 Å². The van der Waals surface area contributed by atoms with Gasteiger partial charge >= 0.3 is 18.2 Å². The Balaban J connectivity index is 1.31. The molecule has 0 unspecified atom stereocenters. The average Bonchev–Trinajstić information content (AvgIpc) is 2.96. The zero-order valence-electron chi connectivity index (χ0n) is 23.0. The number of anilines is 4. The number of piperazine rings is 1. The second-order valence-corrected chi connectivity index (χ2v) is 9.37. The monoisotopic (exact) mass is 588 g/mol. The van der Waals surface area contributed by atoms with Gasteiger partial charge in [-0.1, -0.05) is 6.07 Å². The molecule has 4 amide bonds. The van der Waals surface area contributed by atoms with Gasteiger partial charge in [0.2, 0.25) is 0 Å². The first-order chi connectivity index (χ1) is 20.1. The summed E-state index contributed by atoms with van der Waals surface area (Å²) in [5.74, 6) is 1.09. The van der Waals surface area contributed by atoms with Crippen LogP contribution in [0.1, 0.15) is 11.1 Å². The minimum Gasteiger partial charge on any atom is -0.495 e. The smallest absolute Gasteiger partial charge is 0.418 e. The van der Waals surface area contributed by atoms with Crippen LogP contribution in [-0.2, 0) is 6.18 Å². The van der Waals surface area contributed by atoms with Crippen LogP contribution in [-0.4, -0.2) is 73.6 Å². The maximum absolute atomic E-state index is 13.6. The third-order valence-electron chi connectivity index (χ3n) is 6.40. The number of halogens is 3. The SMILES string of the molecule is COc1ccc(C)cc1NC(=O)Nc1ccc(N2CCN(C(=O)Nc3ccc(OCCO)cc3C(F)(F)F)CC2)nc1. The summed E-state index contributed by atoms with van der Waals surface area (Å²) in [4.78, 5) is 33.0. The highest BCUT2D eigenvalue weighted by molar-refractivity contribution is 6.00. The van der Waals surface area contributed by atoms with Gasteiger partial charge in [0.05, 0.1) is 42.5 Å². The number of benzene rings is 2. The van der Waals surface area contributed by atoms with Crippen molar-refractivity contribution in [2.24, 2.45) is 0 Å². The molecule has 11 nitrogen and oxygen atoms in total. The highest BCUT2D eigenvalue weighted by Crippen LogP contribution is 2.37. The van der Waals surface area contributed by atoms with Crippen molar-refractivity contribution in [3.63, 3.8) is 0 Å². The number of alkyl halides is 3. The van der Waals surface area contributed by atoms with Crippen molar-refractivity contribution in [3.8, 4) is 11.5 Å². The maximum atomic E-state index is 13.6. The molecule has 0 aliphatic carbocycles. The largest absolute Gasteiger partial charge is 0.495 e. The molecule has 0 atom stereocenters. The lowest BCUT2D eigenvalue weighted by atomic mass is 10.1. The lowest BCUT2D eigenvalue weighted by Crippen LogP contribution is -2.50. The third kappa shape index (κ3) is 7.72. The predicted molar refractivity (Wildman–Crippen MR) is 151 cm³/mol. The van der Waals surface area contributed by atoms with Crippen LogP contribution in [0.25, 0.3) is 0 Å². The van der Waals surface area contributed by atoms with Gasteiger partial charge in [-0.15, -0.1) is 0 Å². The average molecular weight is 589 g/mol. The molecule has 224 valence electrons. The van der Waals surface area contributed by atoms with E-state index in [1.807, 2.05) is 17.9 Å². The Morgan fingerprint density at radius 2 is 1.74 bits per heavy atom. The zero-order valence-corrected chi connectivity index (χ0v) is 23.0. The van der Waals surface area contributed by atoms with Crippen LogP contribution in [0.3, 0.4) is 0 Å². The highest BCUT2D eigenvalue weighted by Gasteiger charge is 2.35. The van der Waals surface area contributed by atoms with Crippen LogP contribution in [0.4, 0.5) is 45.6 Å². The summed E-state index contributed by atoms with van der Waals surface area (Å²) < 4.78 is 51.2. The summed E-state index contributed by atoms with van der Waals surface area (Å²) in [6, 6.07) is 10.9. The fourth-order valence-electron chi connectivity index (χ4n) is 4.30. The molecule has 1 fully saturated rings. The van der Waals surface area contributed by atoms with Gasteiger partial charge in [-0.3, -0.25) is 0 Å². The summed E-state index contributed by atoms with van der Waals surface area (Å²) in [5.41, 5.74) is 0.518. The Labute approximate surface area is 240 Å². The van der Waals surface area contributed by atoms with Crippen molar-refractivity contribution in [1.29, 1.82) is 0 Å². The fraction of sp³-hybridized carbons (Fsp3) is 0.321. The zero-order chi connectivity index (χ0) is 30.3. The van der Waals surface area contributed by atoms with Crippen LogP contribution in [0, 0.1) is 6.92 Å². The first kappa shape index (κ1) is 30.2. The van der Waals surface area contributed by atoms with Crippen LogP contribution in [0.15, 0.2) is 54.7 Å². The van der Waals surface area contributed by atoms with E-state index in [-0.39, 0.29) is 37.7 Å². The normalized spacial score (nSPS) is 13.4. The summed E-state index contributed by atoms with van der Waals surface area (Å²) in [7, 11) is 1.52. The topological polar surface area (TPSA) is 128 Å². The highest BCUT2D eigenvalue weighted by atomic mass is 19.4. The molecule has 1 aliphatic heterocycles. The van der Waals surface area contributed by atoms with Crippen molar-refractivity contribution < 1.29 is 37.3 Å². The molecule has 1 aromatic heterocycles. The molecular formula is C28H31F3N6O5. The summed E-state index contributed by atoms with van der Waals surface area (Å²) >= 11 is 0. The number of carbonyl (C=O) groups excluding carboxylic acids is 2. The van der Waals surface area contributed by atoms with Gasteiger partial charge < -0.3 is 40.3 Å². The van der Waals surface area contributed by atoms with E-state index < -0.39 is 23.8 Å². The first-order valence-corrected chi connectivity index (χ1v) is 13.0. The molecule has 4 N–H and O–H groups in total. The molecule has 1 saturated heterocycles. The number of hydrogen-bond acceptors (Lipinski definition) is 7. The van der Waals surface area contributed by atoms with E-state index in [0.717, 1.165) is 17.7 Å². The van der Waals surface area contributed by atoms with Crippen LogP contribution >= 0.6 is 0 Å². The standard InChI is InChI=1S/C28H31F3N6O5/c1-18-3-7-24(41-2)23(15-18)34-26(39)33-19-4-8-25(32-17-19)36-9-11-37(12-10-36)27(40)35-22-6-5-20(42-14-13-38)16-21(22)28(29,30)31/h3-8,15-17,38H,9-14H2,1-2H3,(H,35,40)(H2,33,34,39). The second kappa shape index (κ2) is 13.3. The molecule has 1 aliphatic rings. The number of amides is 4. The molecular weight excluding hydrogens is 557 g/mol. The molecule has 0 spiro atoms. The number of methoxy groups -OCH3 is 1. The fourth-order valence-corrected chi connectivity index (χ4v) is 4.30. The number of aliphatic hydroxyl groups excluding tert-OH is 1. The van der Waals surface area contributed by atoms with Crippen LogP contribution in [0.5, 0.6) is 11.5 Å². The van der Waals surface area contributed by atoms with Gasteiger partial charge in [0.25, 0.3) is 0 Å². The van der Waals surface area contributed by atoms with Crippen molar-refractivity contribution in [2.75, 3.05) is 67.4 Å². The molecule has 4 rings (SSSR count). The molecule has 3 aromatic rings. The number of rotatable bonds is 8. The van der Waals surface area contributed by atoms with E-state index in [0.29, 0.717) is 36.0 Å². The summed E-state index contributed by atoms with van der Waals surface area (Å²) in [6.45, 7) is 2.73. The Bertz CT molecular complexity index is 1400. The molecule has 14 heteroatoms. The summed E-state index contributed by atoms with van der Waals surface area (Å²) in [5, 5.41) is 16.7. The van der Waals surface area contributed by atoms with Crippen molar-refractivity contribution in [1.82, 2.24) is 9.88 Å². The number of nitrogens with zero attached hydrogens (tertiary/aromatic N) is 3. The number of nitrogens with one attached hydrogen (secondary N) is 3. The lowest BCUT2D eigenvalue weighted by molar-refractivity contribution is -0.137. The quantitative estimate of drug-likeness (QED) is 0.298. The van der Waals surface area contributed by atoms with E-state index in [4.69, 9.17) is 14.6 Å². The second-order valence-electron chi connectivity index (χ2n) is 9.37. The molecule has 0 radical (unpaired) electrons. The van der Waals surface area contributed by atoms with Gasteiger partial charge in [-0.05, 0) is 55.0 Å². The van der Waals surface area contributed by atoms with Crippen molar-refractivity contribution in [2.45, 2.75) is 13.1 Å². The van der Waals surface area contributed by atoms with Crippen LogP contribution < -0.4 is 30.3 Å². The number of urea groups is 2. The Morgan fingerprint density at radius 3 is 2.38 bits per heavy atom. The van der Waals surface area contributed by atoms with Crippen LogP contribution in [0.2, 0.25) is 0 Å². The Kier molecular flexibility index (Phi) is 9.57. The number of carbonyl (C=O) groups is 2. The number of aryl methyl sites for hydroxylation is 1. The Hall–Kier alpha value is -4.72. The van der Waals surface area contributed by atoms with Crippen molar-refractivity contribution in [3.05, 3.63) is 65.9 Å². The number of aliphatic hydroxyl groups is 1. The summed E-state index contributed by atoms with van der Waals surface area (Å²) in [6.07, 6.45) is -3.21. The molecule has 2 heterocycles. The maximum Gasteiger partial charge on any atom is 0.418 e. The van der Waals surface area contributed by atoms with Gasteiger partial charge in [-0.25, -0.2) is 14.6 Å². The Morgan fingerprint density at radius 1 is 0.976 bits per heavy atom.